The maximum atomic E-state index is 5.46. The minimum atomic E-state index is 0.178. The summed E-state index contributed by atoms with van der Waals surface area (Å²) in [6.45, 7) is 2.15. The smallest absolute Gasteiger partial charge is 0.160 e. The van der Waals surface area contributed by atoms with Gasteiger partial charge >= 0.3 is 0 Å². The number of methoxy groups -OCH3 is 2. The Hall–Kier alpha value is -2.08. The lowest BCUT2D eigenvalue weighted by Gasteiger charge is -2.37. The second kappa shape index (κ2) is 12.8. The van der Waals surface area contributed by atoms with E-state index >= 15 is 0 Å². The number of rotatable bonds is 11. The lowest BCUT2D eigenvalue weighted by atomic mass is 10.0. The van der Waals surface area contributed by atoms with E-state index in [1.807, 2.05) is 6.07 Å². The summed E-state index contributed by atoms with van der Waals surface area (Å²) in [5.74, 6) is 4.10. The van der Waals surface area contributed by atoms with Crippen LogP contribution in [0.4, 0.5) is 0 Å². The van der Waals surface area contributed by atoms with Crippen LogP contribution in [-0.4, -0.2) is 50.8 Å². The number of likely N-dealkylation sites (N-methyl/N-ethyl adjacent to an activating group) is 1. The van der Waals surface area contributed by atoms with Crippen molar-refractivity contribution in [3.05, 3.63) is 83.9 Å². The van der Waals surface area contributed by atoms with E-state index in [-0.39, 0.29) is 4.08 Å². The molecule has 35 heavy (non-hydrogen) atoms. The molecule has 0 N–H and O–H groups in total. The Labute approximate surface area is 219 Å². The Morgan fingerprint density at radius 1 is 0.800 bits per heavy atom. The van der Waals surface area contributed by atoms with E-state index in [1.165, 1.54) is 53.0 Å². The fourth-order valence-corrected chi connectivity index (χ4v) is 8.06. The van der Waals surface area contributed by atoms with E-state index in [4.69, 9.17) is 9.47 Å². The third-order valence-electron chi connectivity index (χ3n) is 6.67. The number of nitrogens with zero attached hydrogens (tertiary/aromatic N) is 1. The van der Waals surface area contributed by atoms with Gasteiger partial charge in [-0.15, -0.1) is 23.5 Å². The highest BCUT2D eigenvalue weighted by molar-refractivity contribution is 8.18. The first-order chi connectivity index (χ1) is 17.1. The normalized spacial score (nSPS) is 15.2. The summed E-state index contributed by atoms with van der Waals surface area (Å²) in [5, 5.41) is 0. The van der Waals surface area contributed by atoms with Crippen LogP contribution >= 0.6 is 23.5 Å². The van der Waals surface area contributed by atoms with Gasteiger partial charge in [0.05, 0.1) is 18.3 Å². The molecule has 0 amide bonds. The van der Waals surface area contributed by atoms with Crippen LogP contribution in [0.25, 0.3) is 11.1 Å². The van der Waals surface area contributed by atoms with Gasteiger partial charge in [-0.1, -0.05) is 60.7 Å². The first kappa shape index (κ1) is 26.0. The molecule has 3 aromatic rings. The molecule has 1 saturated heterocycles. The molecule has 3 nitrogen and oxygen atoms in total. The van der Waals surface area contributed by atoms with Gasteiger partial charge in [-0.25, -0.2) is 0 Å². The molecule has 3 aromatic carbocycles. The van der Waals surface area contributed by atoms with E-state index in [1.54, 1.807) is 14.2 Å². The van der Waals surface area contributed by atoms with Gasteiger partial charge in [-0.05, 0) is 85.2 Å². The number of benzene rings is 3. The van der Waals surface area contributed by atoms with Gasteiger partial charge in [0, 0.05) is 6.54 Å². The molecule has 4 rings (SSSR count). The molecule has 0 saturated carbocycles. The van der Waals surface area contributed by atoms with Crippen LogP contribution in [0.2, 0.25) is 0 Å². The zero-order chi connectivity index (χ0) is 24.5. The van der Waals surface area contributed by atoms with Crippen molar-refractivity contribution in [1.29, 1.82) is 0 Å². The summed E-state index contributed by atoms with van der Waals surface area (Å²) in [4.78, 5) is 2.46. The molecule has 186 valence electrons. The number of hydrogen-bond acceptors (Lipinski definition) is 5. The Kier molecular flexibility index (Phi) is 9.47. The van der Waals surface area contributed by atoms with Crippen LogP contribution in [-0.2, 0) is 10.5 Å². The predicted molar refractivity (Wildman–Crippen MR) is 153 cm³/mol. The summed E-state index contributed by atoms with van der Waals surface area (Å²) in [6, 6.07) is 26.2. The lowest BCUT2D eigenvalue weighted by Crippen LogP contribution is -2.27. The van der Waals surface area contributed by atoms with Gasteiger partial charge in [0.2, 0.25) is 0 Å². The molecular formula is C30H37NO2S2. The Balaban J connectivity index is 1.34. The fraction of sp³-hybridized carbons (Fsp3) is 0.400. The molecule has 1 fully saturated rings. The average molecular weight is 508 g/mol. The Bertz CT molecular complexity index is 1050. The predicted octanol–water partition coefficient (Wildman–Crippen LogP) is 7.35. The molecule has 0 spiro atoms. The molecular weight excluding hydrogens is 470 g/mol. The van der Waals surface area contributed by atoms with Gasteiger partial charge in [0.15, 0.2) is 11.5 Å². The molecule has 1 aliphatic heterocycles. The lowest BCUT2D eigenvalue weighted by molar-refractivity contribution is 0.327. The Morgan fingerprint density at radius 2 is 1.49 bits per heavy atom. The van der Waals surface area contributed by atoms with Gasteiger partial charge in [-0.3, -0.25) is 0 Å². The highest BCUT2D eigenvalue weighted by atomic mass is 32.2. The van der Waals surface area contributed by atoms with Crippen molar-refractivity contribution < 1.29 is 9.47 Å². The number of thioether (sulfide) groups is 2. The van der Waals surface area contributed by atoms with Crippen molar-refractivity contribution in [1.82, 2.24) is 4.90 Å². The summed E-state index contributed by atoms with van der Waals surface area (Å²) >= 11 is 4.31. The van der Waals surface area contributed by atoms with Crippen molar-refractivity contribution in [3.8, 4) is 22.6 Å². The van der Waals surface area contributed by atoms with E-state index in [0.717, 1.165) is 31.0 Å². The first-order valence-corrected chi connectivity index (χ1v) is 14.4. The quantitative estimate of drug-likeness (QED) is 0.270. The zero-order valence-electron chi connectivity index (χ0n) is 21.2. The van der Waals surface area contributed by atoms with Crippen LogP contribution < -0.4 is 9.47 Å². The van der Waals surface area contributed by atoms with Crippen molar-refractivity contribution in [2.24, 2.45) is 0 Å². The minimum absolute atomic E-state index is 0.178. The van der Waals surface area contributed by atoms with Gasteiger partial charge < -0.3 is 14.4 Å². The fourth-order valence-electron chi connectivity index (χ4n) is 4.63. The maximum Gasteiger partial charge on any atom is 0.160 e. The molecule has 0 unspecified atom stereocenters. The number of ether oxygens (including phenoxy) is 2. The molecule has 5 heteroatoms. The second-order valence-electron chi connectivity index (χ2n) is 9.09. The third kappa shape index (κ3) is 6.78. The topological polar surface area (TPSA) is 21.7 Å². The molecule has 0 atom stereocenters. The standard InChI is InChI=1S/C30H37NO2S2/c1-31(20-17-24-11-16-28(32-2)29(23-24)33-3)19-7-18-30(34-21-8-22-35-30)27-14-12-26(13-15-27)25-9-5-4-6-10-25/h4-6,9-16,23H,7-8,17-22H2,1-3H3. The average Bonchev–Trinajstić information content (AvgIpc) is 2.93. The number of hydrogen-bond donors (Lipinski definition) is 0. The SMILES string of the molecule is COc1ccc(CCN(C)CCCC2(c3ccc(-c4ccccc4)cc3)SCCCS2)cc1OC. The Morgan fingerprint density at radius 3 is 2.17 bits per heavy atom. The van der Waals surface area contributed by atoms with E-state index in [0.29, 0.717) is 0 Å². The summed E-state index contributed by atoms with van der Waals surface area (Å²) in [5.41, 5.74) is 5.33. The van der Waals surface area contributed by atoms with Crippen LogP contribution in [0.3, 0.4) is 0 Å². The van der Waals surface area contributed by atoms with E-state index in [9.17, 15) is 0 Å². The second-order valence-corrected chi connectivity index (χ2v) is 12.1. The van der Waals surface area contributed by atoms with Crippen molar-refractivity contribution in [2.45, 2.75) is 29.8 Å². The molecule has 0 aliphatic carbocycles. The van der Waals surface area contributed by atoms with Crippen molar-refractivity contribution in [2.75, 3.05) is 45.9 Å². The maximum absolute atomic E-state index is 5.46. The molecule has 1 aliphatic rings. The van der Waals surface area contributed by atoms with E-state index < -0.39 is 0 Å². The first-order valence-electron chi connectivity index (χ1n) is 12.5. The highest BCUT2D eigenvalue weighted by Crippen LogP contribution is 2.53. The van der Waals surface area contributed by atoms with Crippen molar-refractivity contribution in [3.63, 3.8) is 0 Å². The van der Waals surface area contributed by atoms with E-state index in [2.05, 4.69) is 102 Å². The van der Waals surface area contributed by atoms with Gasteiger partial charge in [0.25, 0.3) is 0 Å². The van der Waals surface area contributed by atoms with Crippen LogP contribution in [0, 0.1) is 0 Å². The molecule has 0 radical (unpaired) electrons. The van der Waals surface area contributed by atoms with Crippen molar-refractivity contribution >= 4 is 23.5 Å². The summed E-state index contributed by atoms with van der Waals surface area (Å²) in [7, 11) is 5.61. The minimum Gasteiger partial charge on any atom is -0.493 e. The molecule has 0 bridgehead atoms. The molecule has 0 aromatic heterocycles. The van der Waals surface area contributed by atoms with Crippen LogP contribution in [0.5, 0.6) is 11.5 Å². The van der Waals surface area contributed by atoms with Gasteiger partial charge in [0.1, 0.15) is 0 Å². The summed E-state index contributed by atoms with van der Waals surface area (Å²) in [6.07, 6.45) is 4.72. The monoisotopic (exact) mass is 507 g/mol. The highest BCUT2D eigenvalue weighted by Gasteiger charge is 2.35. The van der Waals surface area contributed by atoms with Crippen LogP contribution in [0.15, 0.2) is 72.8 Å². The van der Waals surface area contributed by atoms with Gasteiger partial charge in [-0.2, -0.15) is 0 Å². The third-order valence-corrected chi connectivity index (χ3v) is 10.2. The largest absolute Gasteiger partial charge is 0.493 e. The zero-order valence-corrected chi connectivity index (χ0v) is 22.8. The summed E-state index contributed by atoms with van der Waals surface area (Å²) < 4.78 is 11.0. The van der Waals surface area contributed by atoms with Crippen LogP contribution in [0.1, 0.15) is 30.4 Å². The molecule has 1 heterocycles.